The van der Waals surface area contributed by atoms with Gasteiger partial charge in [0.1, 0.15) is 11.2 Å². The van der Waals surface area contributed by atoms with Gasteiger partial charge in [-0.15, -0.1) is 0 Å². The van der Waals surface area contributed by atoms with Crippen LogP contribution in [0.15, 0.2) is 168 Å². The van der Waals surface area contributed by atoms with Crippen LogP contribution in [0.5, 0.6) is 0 Å². The van der Waals surface area contributed by atoms with E-state index in [9.17, 15) is 0 Å². The number of rotatable bonds is 4. The van der Waals surface area contributed by atoms with Crippen molar-refractivity contribution in [1.82, 2.24) is 9.97 Å². The Labute approximate surface area is 284 Å². The van der Waals surface area contributed by atoms with E-state index < -0.39 is 0 Å². The summed E-state index contributed by atoms with van der Waals surface area (Å²) in [5, 5.41) is 4.45. The molecule has 2 aromatic heterocycles. The highest BCUT2D eigenvalue weighted by molar-refractivity contribution is 6.09. The van der Waals surface area contributed by atoms with Crippen molar-refractivity contribution in [3.8, 4) is 45.0 Å². The zero-order valence-electron chi connectivity index (χ0n) is 26.9. The topological polar surface area (TPSA) is 38.9 Å². The summed E-state index contributed by atoms with van der Waals surface area (Å²) in [5.74, 6) is 0.687. The lowest BCUT2D eigenvalue weighted by Crippen LogP contribution is -2.22. The van der Waals surface area contributed by atoms with Crippen LogP contribution >= 0.6 is 0 Å². The zero-order valence-corrected chi connectivity index (χ0v) is 26.9. The third kappa shape index (κ3) is 4.15. The molecule has 7 aromatic carbocycles. The van der Waals surface area contributed by atoms with Gasteiger partial charge in [-0.3, -0.25) is 0 Å². The standard InChI is InChI=1S/C46H30N2O/c1-46(31-15-3-2-4-16-31)39-23-9-7-18-33(39)34-26-25-30(27-40(34)46)41-28-42(38-22-12-20-36-35-19-8-10-24-43(35)49-44(36)38)48-45(47-41)37-21-11-14-29-13-5-6-17-32(29)37/h2-28H,1H3. The van der Waals surface area contributed by atoms with E-state index in [0.717, 1.165) is 60.8 Å². The van der Waals surface area contributed by atoms with Crippen molar-refractivity contribution in [3.63, 3.8) is 0 Å². The maximum absolute atomic E-state index is 6.51. The predicted octanol–water partition coefficient (Wildman–Crippen LogP) is 11.9. The fourth-order valence-electron chi connectivity index (χ4n) is 7.96. The van der Waals surface area contributed by atoms with Crippen molar-refractivity contribution in [2.45, 2.75) is 12.3 Å². The summed E-state index contributed by atoms with van der Waals surface area (Å²) >= 11 is 0. The van der Waals surface area contributed by atoms with E-state index in [1.54, 1.807) is 0 Å². The number of aromatic nitrogens is 2. The molecule has 0 saturated carbocycles. The largest absolute Gasteiger partial charge is 0.455 e. The number of para-hydroxylation sites is 2. The van der Waals surface area contributed by atoms with Crippen molar-refractivity contribution in [2.75, 3.05) is 0 Å². The minimum Gasteiger partial charge on any atom is -0.455 e. The monoisotopic (exact) mass is 626 g/mol. The summed E-state index contributed by atoms with van der Waals surface area (Å²) in [4.78, 5) is 10.6. The molecule has 3 nitrogen and oxygen atoms in total. The van der Waals surface area contributed by atoms with E-state index in [0.29, 0.717) is 5.82 Å². The molecule has 0 aliphatic heterocycles. The molecular weight excluding hydrogens is 597 g/mol. The summed E-state index contributed by atoms with van der Waals surface area (Å²) in [5.41, 5.74) is 12.5. The van der Waals surface area contributed by atoms with Crippen LogP contribution in [0.25, 0.3) is 77.7 Å². The van der Waals surface area contributed by atoms with E-state index in [1.807, 2.05) is 12.1 Å². The third-order valence-corrected chi connectivity index (χ3v) is 10.4. The van der Waals surface area contributed by atoms with Crippen molar-refractivity contribution >= 4 is 32.7 Å². The minimum atomic E-state index is -0.308. The lowest BCUT2D eigenvalue weighted by atomic mass is 9.74. The van der Waals surface area contributed by atoms with E-state index in [4.69, 9.17) is 14.4 Å². The molecule has 3 heteroatoms. The molecule has 1 aliphatic carbocycles. The minimum absolute atomic E-state index is 0.308. The Balaban J connectivity index is 1.23. The normalized spacial score (nSPS) is 15.1. The molecule has 1 unspecified atom stereocenters. The van der Waals surface area contributed by atoms with Crippen LogP contribution in [-0.2, 0) is 5.41 Å². The van der Waals surface area contributed by atoms with Crippen LogP contribution in [0, 0.1) is 0 Å². The maximum atomic E-state index is 6.51. The van der Waals surface area contributed by atoms with Gasteiger partial charge in [0, 0.05) is 32.9 Å². The number of benzene rings is 7. The van der Waals surface area contributed by atoms with Gasteiger partial charge < -0.3 is 4.42 Å². The van der Waals surface area contributed by atoms with Crippen LogP contribution in [0.2, 0.25) is 0 Å². The van der Waals surface area contributed by atoms with E-state index in [2.05, 4.69) is 159 Å². The van der Waals surface area contributed by atoms with Crippen LogP contribution in [0.1, 0.15) is 23.6 Å². The van der Waals surface area contributed by atoms with Crippen molar-refractivity contribution in [3.05, 3.63) is 180 Å². The van der Waals surface area contributed by atoms with E-state index >= 15 is 0 Å². The van der Waals surface area contributed by atoms with Crippen LogP contribution in [0.4, 0.5) is 0 Å². The van der Waals surface area contributed by atoms with Crippen molar-refractivity contribution < 1.29 is 4.42 Å². The van der Waals surface area contributed by atoms with Gasteiger partial charge in [0.2, 0.25) is 0 Å². The highest BCUT2D eigenvalue weighted by Gasteiger charge is 2.40. The second-order valence-corrected chi connectivity index (χ2v) is 13.1. The Kier molecular flexibility index (Phi) is 6.00. The Morgan fingerprint density at radius 2 is 1.12 bits per heavy atom. The summed E-state index contributed by atoms with van der Waals surface area (Å²) in [6, 6.07) is 58.0. The fourth-order valence-corrected chi connectivity index (χ4v) is 7.96. The van der Waals surface area contributed by atoms with Crippen molar-refractivity contribution in [2.24, 2.45) is 0 Å². The molecule has 9 aromatic rings. The molecule has 2 heterocycles. The lowest BCUT2D eigenvalue weighted by molar-refractivity contribution is 0.670. The molecule has 0 spiro atoms. The summed E-state index contributed by atoms with van der Waals surface area (Å²) in [6.07, 6.45) is 0. The average Bonchev–Trinajstić information content (AvgIpc) is 3.68. The first kappa shape index (κ1) is 27.8. The molecule has 49 heavy (non-hydrogen) atoms. The Hall–Kier alpha value is -6.32. The van der Waals surface area contributed by atoms with Gasteiger partial charge in [-0.1, -0.05) is 140 Å². The lowest BCUT2D eigenvalue weighted by Gasteiger charge is -2.28. The van der Waals surface area contributed by atoms with Crippen molar-refractivity contribution in [1.29, 1.82) is 0 Å². The van der Waals surface area contributed by atoms with Gasteiger partial charge >= 0.3 is 0 Å². The Morgan fingerprint density at radius 3 is 2.04 bits per heavy atom. The smallest absolute Gasteiger partial charge is 0.161 e. The maximum Gasteiger partial charge on any atom is 0.161 e. The predicted molar refractivity (Wildman–Crippen MR) is 201 cm³/mol. The highest BCUT2D eigenvalue weighted by atomic mass is 16.3. The number of fused-ring (bicyclic) bond motifs is 7. The van der Waals surface area contributed by atoms with Gasteiger partial charge in [0.25, 0.3) is 0 Å². The first-order valence-electron chi connectivity index (χ1n) is 16.7. The Bertz CT molecular complexity index is 2740. The molecule has 10 rings (SSSR count). The second-order valence-electron chi connectivity index (χ2n) is 13.1. The van der Waals surface area contributed by atoms with Gasteiger partial charge in [-0.2, -0.15) is 0 Å². The van der Waals surface area contributed by atoms with Gasteiger partial charge in [0.05, 0.1) is 11.4 Å². The number of hydrogen-bond donors (Lipinski definition) is 0. The van der Waals surface area contributed by atoms with E-state index in [-0.39, 0.29) is 5.41 Å². The molecule has 1 atom stereocenters. The molecular formula is C46H30N2O. The van der Waals surface area contributed by atoms with Crippen LogP contribution in [0.3, 0.4) is 0 Å². The van der Waals surface area contributed by atoms with Crippen LogP contribution < -0.4 is 0 Å². The third-order valence-electron chi connectivity index (χ3n) is 10.4. The molecule has 0 bridgehead atoms. The number of nitrogens with zero attached hydrogens (tertiary/aromatic N) is 2. The number of furan rings is 1. The molecule has 0 fully saturated rings. The molecule has 230 valence electrons. The highest BCUT2D eigenvalue weighted by Crippen LogP contribution is 2.53. The van der Waals surface area contributed by atoms with E-state index in [1.165, 1.54) is 27.8 Å². The van der Waals surface area contributed by atoms with Gasteiger partial charge in [0.15, 0.2) is 5.82 Å². The molecule has 0 radical (unpaired) electrons. The SMILES string of the molecule is CC1(c2ccccc2)c2ccccc2-c2ccc(-c3cc(-c4cccc5c4oc4ccccc45)nc(-c4cccc5ccccc45)n3)cc21. The summed E-state index contributed by atoms with van der Waals surface area (Å²) in [6.45, 7) is 2.35. The molecule has 0 amide bonds. The second kappa shape index (κ2) is 10.6. The average molecular weight is 627 g/mol. The fraction of sp³-hybridized carbons (Fsp3) is 0.0435. The Morgan fingerprint density at radius 1 is 0.469 bits per heavy atom. The summed E-state index contributed by atoms with van der Waals surface area (Å²) in [7, 11) is 0. The molecule has 0 saturated heterocycles. The van der Waals surface area contributed by atoms with Gasteiger partial charge in [-0.05, 0) is 69.8 Å². The molecule has 0 N–H and O–H groups in total. The number of hydrogen-bond acceptors (Lipinski definition) is 3. The quantitative estimate of drug-likeness (QED) is 0.195. The molecule has 1 aliphatic rings. The first-order valence-corrected chi connectivity index (χ1v) is 16.7. The van der Waals surface area contributed by atoms with Gasteiger partial charge in [-0.25, -0.2) is 9.97 Å². The zero-order chi connectivity index (χ0) is 32.5. The van der Waals surface area contributed by atoms with Crippen LogP contribution in [-0.4, -0.2) is 9.97 Å². The first-order chi connectivity index (χ1) is 24.2. The summed E-state index contributed by atoms with van der Waals surface area (Å²) < 4.78 is 6.51.